The van der Waals surface area contributed by atoms with E-state index in [1.807, 2.05) is 5.38 Å². The molecule has 1 N–H and O–H groups in total. The first-order valence-electron chi connectivity index (χ1n) is 4.24. The lowest BCUT2D eigenvalue weighted by Gasteiger charge is -1.99. The van der Waals surface area contributed by atoms with Crippen molar-refractivity contribution in [3.63, 3.8) is 0 Å². The topological polar surface area (TPSA) is 37.3 Å². The Labute approximate surface area is 91.7 Å². The van der Waals surface area contributed by atoms with Crippen LogP contribution in [-0.4, -0.2) is 16.8 Å². The van der Waals surface area contributed by atoms with Crippen LogP contribution in [0.1, 0.15) is 23.0 Å². The molecule has 1 aromatic rings. The highest BCUT2D eigenvalue weighted by atomic mass is 32.2. The van der Waals surface area contributed by atoms with Gasteiger partial charge < -0.3 is 5.11 Å². The van der Waals surface area contributed by atoms with E-state index in [-0.39, 0.29) is 0 Å². The molecular weight excluding hydrogens is 216 g/mol. The summed E-state index contributed by atoms with van der Waals surface area (Å²) in [6.07, 6.45) is 0.975. The van der Waals surface area contributed by atoms with Crippen molar-refractivity contribution < 1.29 is 9.90 Å². The van der Waals surface area contributed by atoms with Gasteiger partial charge in [-0.05, 0) is 12.5 Å². The molecule has 0 radical (unpaired) electrons. The maximum absolute atomic E-state index is 10.6. The van der Waals surface area contributed by atoms with Gasteiger partial charge in [0.2, 0.25) is 0 Å². The molecule has 0 atom stereocenters. The summed E-state index contributed by atoms with van der Waals surface area (Å²) in [4.78, 5) is 12.0. The van der Waals surface area contributed by atoms with Gasteiger partial charge >= 0.3 is 5.97 Å². The van der Waals surface area contributed by atoms with Gasteiger partial charge in [0, 0.05) is 16.0 Å². The molecule has 1 heterocycles. The number of thiophene rings is 1. The van der Waals surface area contributed by atoms with Crippen molar-refractivity contribution in [1.29, 1.82) is 0 Å². The van der Waals surface area contributed by atoms with E-state index in [1.165, 1.54) is 16.9 Å². The highest BCUT2D eigenvalue weighted by Crippen LogP contribution is 2.26. The Kier molecular flexibility index (Phi) is 4.22. The number of carboxylic acids is 1. The highest BCUT2D eigenvalue weighted by molar-refractivity contribution is 7.99. The fourth-order valence-electron chi connectivity index (χ4n) is 0.794. The second-order valence-electron chi connectivity index (χ2n) is 2.84. The number of rotatable bonds is 5. The van der Waals surface area contributed by atoms with Crippen LogP contribution in [0.5, 0.6) is 0 Å². The molecule has 0 saturated carbocycles. The predicted molar refractivity (Wildman–Crippen MR) is 61.4 cm³/mol. The van der Waals surface area contributed by atoms with E-state index in [9.17, 15) is 4.79 Å². The van der Waals surface area contributed by atoms with E-state index in [0.717, 1.165) is 17.1 Å². The fourth-order valence-corrected chi connectivity index (χ4v) is 2.67. The van der Waals surface area contributed by atoms with E-state index in [4.69, 9.17) is 5.11 Å². The first-order chi connectivity index (χ1) is 6.63. The Morgan fingerprint density at radius 3 is 2.93 bits per heavy atom. The number of hydrogen-bond donors (Lipinski definition) is 1. The molecule has 0 amide bonds. The van der Waals surface area contributed by atoms with Gasteiger partial charge in [0.25, 0.3) is 0 Å². The summed E-state index contributed by atoms with van der Waals surface area (Å²) >= 11 is 2.91. The summed E-state index contributed by atoms with van der Waals surface area (Å²) in [5.74, 6) is 0.0166. The number of hydrogen-bond acceptors (Lipinski definition) is 3. The van der Waals surface area contributed by atoms with Gasteiger partial charge in [0.1, 0.15) is 4.88 Å². The molecular formula is C10H12O2S2. The molecule has 0 aliphatic carbocycles. The van der Waals surface area contributed by atoms with Crippen molar-refractivity contribution in [2.24, 2.45) is 0 Å². The van der Waals surface area contributed by atoms with Gasteiger partial charge in [-0.2, -0.15) is 0 Å². The number of carboxylic acid groups (broad SMARTS) is 1. The lowest BCUT2D eigenvalue weighted by atomic mass is 10.3. The van der Waals surface area contributed by atoms with Gasteiger partial charge in [-0.25, -0.2) is 4.79 Å². The van der Waals surface area contributed by atoms with Crippen molar-refractivity contribution in [1.82, 2.24) is 0 Å². The minimum absolute atomic E-state index is 0.398. The molecule has 0 fully saturated rings. The molecule has 0 bridgehead atoms. The number of carbonyl (C=O) groups is 1. The zero-order chi connectivity index (χ0) is 10.6. The zero-order valence-corrected chi connectivity index (χ0v) is 9.58. The van der Waals surface area contributed by atoms with Gasteiger partial charge in [-0.15, -0.1) is 23.1 Å². The zero-order valence-electron chi connectivity index (χ0n) is 7.95. The quantitative estimate of drug-likeness (QED) is 0.619. The standard InChI is InChI=1S/C10H12O2S2/c1-3-7(2)5-13-8-4-9(10(11)12)14-6-8/h4,6H,2-3,5H2,1H3,(H,11,12). The van der Waals surface area contributed by atoms with Crippen LogP contribution < -0.4 is 0 Å². The summed E-state index contributed by atoms with van der Waals surface area (Å²) in [6, 6.07) is 1.71. The van der Waals surface area contributed by atoms with Gasteiger partial charge in [0.15, 0.2) is 0 Å². The summed E-state index contributed by atoms with van der Waals surface area (Å²) in [6.45, 7) is 5.97. The van der Waals surface area contributed by atoms with Crippen LogP contribution in [-0.2, 0) is 0 Å². The van der Waals surface area contributed by atoms with Crippen molar-refractivity contribution in [3.05, 3.63) is 28.5 Å². The average molecular weight is 228 g/mol. The fraction of sp³-hybridized carbons (Fsp3) is 0.300. The maximum Gasteiger partial charge on any atom is 0.345 e. The smallest absolute Gasteiger partial charge is 0.345 e. The Morgan fingerprint density at radius 1 is 1.71 bits per heavy atom. The van der Waals surface area contributed by atoms with Crippen LogP contribution in [0.4, 0.5) is 0 Å². The lowest BCUT2D eigenvalue weighted by Crippen LogP contribution is -1.90. The first-order valence-corrected chi connectivity index (χ1v) is 6.11. The van der Waals surface area contributed by atoms with Gasteiger partial charge in [-0.1, -0.05) is 19.1 Å². The Morgan fingerprint density at radius 2 is 2.43 bits per heavy atom. The van der Waals surface area contributed by atoms with Crippen molar-refractivity contribution in [3.8, 4) is 0 Å². The third-order valence-electron chi connectivity index (χ3n) is 1.73. The minimum atomic E-state index is -0.851. The predicted octanol–water partition coefficient (Wildman–Crippen LogP) is 3.50. The molecule has 1 aromatic heterocycles. The molecule has 1 rings (SSSR count). The molecule has 2 nitrogen and oxygen atoms in total. The second kappa shape index (κ2) is 5.22. The average Bonchev–Trinajstić information content (AvgIpc) is 2.62. The van der Waals surface area contributed by atoms with Crippen LogP contribution in [0.3, 0.4) is 0 Å². The first kappa shape index (κ1) is 11.3. The monoisotopic (exact) mass is 228 g/mol. The van der Waals surface area contributed by atoms with Crippen molar-refractivity contribution >= 4 is 29.1 Å². The normalized spacial score (nSPS) is 10.1. The number of aromatic carboxylic acids is 1. The molecule has 0 spiro atoms. The van der Waals surface area contributed by atoms with Crippen molar-refractivity contribution in [2.75, 3.05) is 5.75 Å². The van der Waals surface area contributed by atoms with Crippen LogP contribution >= 0.6 is 23.1 Å². The maximum atomic E-state index is 10.6. The molecule has 0 aliphatic heterocycles. The molecule has 0 unspecified atom stereocenters. The van der Waals surface area contributed by atoms with Gasteiger partial charge in [-0.3, -0.25) is 0 Å². The summed E-state index contributed by atoms with van der Waals surface area (Å²) in [5, 5.41) is 10.6. The van der Waals surface area contributed by atoms with Crippen LogP contribution in [0, 0.1) is 0 Å². The minimum Gasteiger partial charge on any atom is -0.477 e. The largest absolute Gasteiger partial charge is 0.477 e. The molecule has 0 saturated heterocycles. The molecule has 76 valence electrons. The van der Waals surface area contributed by atoms with Crippen molar-refractivity contribution in [2.45, 2.75) is 18.2 Å². The summed E-state index contributed by atoms with van der Waals surface area (Å²) in [7, 11) is 0. The molecule has 14 heavy (non-hydrogen) atoms. The summed E-state index contributed by atoms with van der Waals surface area (Å²) in [5.41, 5.74) is 1.18. The Hall–Kier alpha value is -0.740. The van der Waals surface area contributed by atoms with E-state index < -0.39 is 5.97 Å². The van der Waals surface area contributed by atoms with E-state index in [1.54, 1.807) is 17.8 Å². The van der Waals surface area contributed by atoms with Gasteiger partial charge in [0.05, 0.1) is 0 Å². The highest BCUT2D eigenvalue weighted by Gasteiger charge is 2.06. The van der Waals surface area contributed by atoms with Crippen LogP contribution in [0.15, 0.2) is 28.5 Å². The Balaban J connectivity index is 2.52. The SMILES string of the molecule is C=C(CC)CSc1csc(C(=O)O)c1. The summed E-state index contributed by atoms with van der Waals surface area (Å²) < 4.78 is 0. The number of thioether (sulfide) groups is 1. The second-order valence-corrected chi connectivity index (χ2v) is 4.80. The molecule has 0 aliphatic rings. The lowest BCUT2D eigenvalue weighted by molar-refractivity contribution is 0.0702. The van der Waals surface area contributed by atoms with E-state index in [0.29, 0.717) is 4.88 Å². The van der Waals surface area contributed by atoms with Crippen LogP contribution in [0.2, 0.25) is 0 Å². The third kappa shape index (κ3) is 3.20. The van der Waals surface area contributed by atoms with E-state index >= 15 is 0 Å². The van der Waals surface area contributed by atoms with Crippen LogP contribution in [0.25, 0.3) is 0 Å². The van der Waals surface area contributed by atoms with E-state index in [2.05, 4.69) is 13.5 Å². The third-order valence-corrected chi connectivity index (χ3v) is 3.92. The molecule has 0 aromatic carbocycles. The molecule has 4 heteroatoms. The Bertz CT molecular complexity index is 342.